The van der Waals surface area contributed by atoms with Gasteiger partial charge in [0.2, 0.25) is 15.2 Å². The minimum Gasteiger partial charge on any atom is -0.318 e. The summed E-state index contributed by atoms with van der Waals surface area (Å²) in [6.45, 7) is 5.87. The maximum Gasteiger partial charge on any atom is 0.238 e. The second kappa shape index (κ2) is 9.57. The molecule has 4 rings (SSSR count). The van der Waals surface area contributed by atoms with E-state index in [2.05, 4.69) is 34.2 Å². The molecule has 0 fully saturated rings. The molecule has 176 valence electrons. The van der Waals surface area contributed by atoms with Gasteiger partial charge in [-0.1, -0.05) is 43.0 Å². The van der Waals surface area contributed by atoms with Crippen LogP contribution in [0.4, 0.5) is 0 Å². The molecule has 0 spiro atoms. The molecule has 3 N–H and O–H groups in total. The van der Waals surface area contributed by atoms with Gasteiger partial charge in [-0.25, -0.2) is 18.5 Å². The number of carbonyl (C=O) groups is 1. The monoisotopic (exact) mass is 495 g/mol. The van der Waals surface area contributed by atoms with Crippen molar-refractivity contribution >= 4 is 27.6 Å². The van der Waals surface area contributed by atoms with Crippen LogP contribution in [0.2, 0.25) is 0 Å². The van der Waals surface area contributed by atoms with E-state index in [-0.39, 0.29) is 16.4 Å². The van der Waals surface area contributed by atoms with Gasteiger partial charge in [-0.15, -0.1) is 5.10 Å². The van der Waals surface area contributed by atoms with E-state index < -0.39 is 10.0 Å². The standard InChI is InChI=1S/C24H25N5O3S2/c1-4-17-5-7-18(8-6-17)23-26-24(28-27-23)33-14-22(30)21-13-15(2)29(16(21)3)19-9-11-20(12-10-19)34(25,31)32/h5-13H,4,14H2,1-3H3,(H2,25,31,32)(H,26,27,28). The van der Waals surface area contributed by atoms with Crippen LogP contribution in [0.3, 0.4) is 0 Å². The summed E-state index contributed by atoms with van der Waals surface area (Å²) in [6, 6.07) is 16.2. The molecule has 0 atom stereocenters. The largest absolute Gasteiger partial charge is 0.318 e. The lowest BCUT2D eigenvalue weighted by Gasteiger charge is -2.10. The maximum absolute atomic E-state index is 13.0. The Bertz CT molecular complexity index is 1440. The van der Waals surface area contributed by atoms with Crippen molar-refractivity contribution in [3.05, 3.63) is 77.1 Å². The van der Waals surface area contributed by atoms with Gasteiger partial charge in [0.25, 0.3) is 0 Å². The quantitative estimate of drug-likeness (QED) is 0.281. The van der Waals surface area contributed by atoms with Crippen LogP contribution < -0.4 is 5.14 Å². The number of primary sulfonamides is 1. The number of benzene rings is 2. The minimum absolute atomic E-state index is 0.0378. The van der Waals surface area contributed by atoms with Crippen molar-refractivity contribution in [2.24, 2.45) is 5.14 Å². The van der Waals surface area contributed by atoms with E-state index in [1.54, 1.807) is 12.1 Å². The Morgan fingerprint density at radius 1 is 1.09 bits per heavy atom. The van der Waals surface area contributed by atoms with Crippen LogP contribution in [0, 0.1) is 13.8 Å². The summed E-state index contributed by atoms with van der Waals surface area (Å²) in [7, 11) is -3.76. The first-order chi connectivity index (χ1) is 16.2. The number of carbonyl (C=O) groups excluding carboxylic acids is 1. The molecular formula is C24H25N5O3S2. The minimum atomic E-state index is -3.76. The number of nitrogens with zero attached hydrogens (tertiary/aromatic N) is 3. The lowest BCUT2D eigenvalue weighted by molar-refractivity contribution is 0.102. The lowest BCUT2D eigenvalue weighted by atomic mass is 10.1. The Morgan fingerprint density at radius 2 is 1.76 bits per heavy atom. The van der Waals surface area contributed by atoms with E-state index in [4.69, 9.17) is 5.14 Å². The second-order valence-corrected chi connectivity index (χ2v) is 10.4. The summed E-state index contributed by atoms with van der Waals surface area (Å²) in [5.74, 6) is 0.823. The highest BCUT2D eigenvalue weighted by Crippen LogP contribution is 2.25. The molecule has 0 saturated carbocycles. The predicted octanol–water partition coefficient (Wildman–Crippen LogP) is 4.06. The zero-order chi connectivity index (χ0) is 24.5. The average Bonchev–Trinajstić information content (AvgIpc) is 3.41. The molecule has 0 radical (unpaired) electrons. The van der Waals surface area contributed by atoms with E-state index in [1.807, 2.05) is 36.6 Å². The molecule has 0 aliphatic rings. The molecule has 4 aromatic rings. The highest BCUT2D eigenvalue weighted by atomic mass is 32.2. The normalized spacial score (nSPS) is 11.6. The molecule has 0 bridgehead atoms. The number of thioether (sulfide) groups is 1. The molecule has 10 heteroatoms. The van der Waals surface area contributed by atoms with Gasteiger partial charge in [0.1, 0.15) is 0 Å². The number of ketones is 1. The third-order valence-corrected chi connectivity index (χ3v) is 7.36. The van der Waals surface area contributed by atoms with Crippen LogP contribution in [0.1, 0.15) is 34.2 Å². The van der Waals surface area contributed by atoms with Crippen LogP contribution in [0.15, 0.2) is 64.6 Å². The number of aryl methyl sites for hydroxylation is 2. The Morgan fingerprint density at radius 3 is 2.38 bits per heavy atom. The van der Waals surface area contributed by atoms with Crippen molar-refractivity contribution in [2.75, 3.05) is 5.75 Å². The number of aromatic nitrogens is 4. The van der Waals surface area contributed by atoms with Crippen molar-refractivity contribution in [1.29, 1.82) is 0 Å². The Labute approximate surface area is 202 Å². The van der Waals surface area contributed by atoms with Crippen LogP contribution in [0.5, 0.6) is 0 Å². The van der Waals surface area contributed by atoms with E-state index in [1.165, 1.54) is 29.5 Å². The van der Waals surface area contributed by atoms with E-state index in [0.717, 1.165) is 29.1 Å². The number of Topliss-reactive ketones (excluding diaryl/α,β-unsaturated/α-hetero) is 1. The molecule has 2 aromatic carbocycles. The highest BCUT2D eigenvalue weighted by molar-refractivity contribution is 7.99. The number of aromatic amines is 1. The fourth-order valence-corrected chi connectivity index (χ4v) is 4.97. The summed E-state index contributed by atoms with van der Waals surface area (Å²) in [4.78, 5) is 17.5. The third kappa shape index (κ3) is 4.98. The molecule has 8 nitrogen and oxygen atoms in total. The summed E-state index contributed by atoms with van der Waals surface area (Å²) in [6.07, 6.45) is 0.974. The van der Waals surface area contributed by atoms with Crippen molar-refractivity contribution in [3.63, 3.8) is 0 Å². The highest BCUT2D eigenvalue weighted by Gasteiger charge is 2.18. The molecule has 0 aliphatic heterocycles. The first-order valence-corrected chi connectivity index (χ1v) is 13.2. The first kappa shape index (κ1) is 23.9. The molecule has 2 heterocycles. The number of rotatable bonds is 8. The van der Waals surface area contributed by atoms with Gasteiger partial charge in [0.05, 0.1) is 10.6 Å². The van der Waals surface area contributed by atoms with Crippen molar-refractivity contribution < 1.29 is 13.2 Å². The fourth-order valence-electron chi connectivity index (χ4n) is 3.77. The average molecular weight is 496 g/mol. The predicted molar refractivity (Wildman–Crippen MR) is 133 cm³/mol. The maximum atomic E-state index is 13.0. The molecule has 0 aliphatic carbocycles. The fraction of sp³-hybridized carbons (Fsp3) is 0.208. The van der Waals surface area contributed by atoms with Gasteiger partial charge in [-0.3, -0.25) is 9.89 Å². The Hall–Kier alpha value is -3.21. The van der Waals surface area contributed by atoms with Gasteiger partial charge in [-0.05, 0) is 56.2 Å². The number of hydrogen-bond acceptors (Lipinski definition) is 6. The van der Waals surface area contributed by atoms with Crippen LogP contribution in [-0.2, 0) is 16.4 Å². The molecule has 0 amide bonds. The number of sulfonamides is 1. The van der Waals surface area contributed by atoms with E-state index >= 15 is 0 Å². The van der Waals surface area contributed by atoms with Crippen molar-refractivity contribution in [2.45, 2.75) is 37.2 Å². The second-order valence-electron chi connectivity index (χ2n) is 7.89. The molecule has 0 saturated heterocycles. The van der Waals surface area contributed by atoms with Crippen molar-refractivity contribution in [1.82, 2.24) is 19.7 Å². The number of nitrogens with one attached hydrogen (secondary N) is 1. The van der Waals surface area contributed by atoms with Crippen molar-refractivity contribution in [3.8, 4) is 17.1 Å². The summed E-state index contributed by atoms with van der Waals surface area (Å²) < 4.78 is 24.9. The zero-order valence-electron chi connectivity index (χ0n) is 19.1. The topological polar surface area (TPSA) is 124 Å². The number of H-pyrrole nitrogens is 1. The van der Waals surface area contributed by atoms with Crippen LogP contribution >= 0.6 is 11.8 Å². The molecule has 2 aromatic heterocycles. The van der Waals surface area contributed by atoms with Crippen LogP contribution in [-0.4, -0.2) is 39.7 Å². The third-order valence-electron chi connectivity index (χ3n) is 5.59. The Kier molecular flexibility index (Phi) is 6.74. The van der Waals surface area contributed by atoms with Gasteiger partial charge in [0.15, 0.2) is 11.6 Å². The SMILES string of the molecule is CCc1ccc(-c2nc(SCC(=O)c3cc(C)n(-c4ccc(S(N)(=O)=O)cc4)c3C)n[nH]2)cc1. The van der Waals surface area contributed by atoms with Gasteiger partial charge >= 0.3 is 0 Å². The number of nitrogens with two attached hydrogens (primary N) is 1. The van der Waals surface area contributed by atoms with Gasteiger partial charge < -0.3 is 4.57 Å². The Balaban J connectivity index is 1.47. The number of hydrogen-bond donors (Lipinski definition) is 2. The first-order valence-electron chi connectivity index (χ1n) is 10.7. The van der Waals surface area contributed by atoms with Gasteiger partial charge in [0, 0.05) is 28.2 Å². The summed E-state index contributed by atoms with van der Waals surface area (Å²) in [5, 5.41) is 12.9. The molecular weight excluding hydrogens is 470 g/mol. The lowest BCUT2D eigenvalue weighted by Crippen LogP contribution is -2.12. The molecule has 0 unspecified atom stereocenters. The van der Waals surface area contributed by atoms with Crippen LogP contribution in [0.25, 0.3) is 17.1 Å². The smallest absolute Gasteiger partial charge is 0.238 e. The van der Waals surface area contributed by atoms with E-state index in [9.17, 15) is 13.2 Å². The zero-order valence-corrected chi connectivity index (χ0v) is 20.7. The molecule has 34 heavy (non-hydrogen) atoms. The summed E-state index contributed by atoms with van der Waals surface area (Å²) >= 11 is 1.28. The van der Waals surface area contributed by atoms with Gasteiger partial charge in [-0.2, -0.15) is 0 Å². The van der Waals surface area contributed by atoms with E-state index in [0.29, 0.717) is 16.5 Å². The summed E-state index contributed by atoms with van der Waals surface area (Å²) in [5.41, 5.74) is 5.19.